The highest BCUT2D eigenvalue weighted by Gasteiger charge is 2.22. The van der Waals surface area contributed by atoms with Crippen LogP contribution in [-0.4, -0.2) is 9.97 Å². The van der Waals surface area contributed by atoms with Gasteiger partial charge in [-0.1, -0.05) is 121 Å². The number of benzene rings is 7. The van der Waals surface area contributed by atoms with Gasteiger partial charge in [0.15, 0.2) is 0 Å². The van der Waals surface area contributed by atoms with E-state index in [4.69, 9.17) is 9.97 Å². The SMILES string of the molecule is c1ccc(-c2c(-c3ccccc3)c3cc4c(-c5ccccn5)c5ccccc5c(-c5ccccn5)c4cc3c3ccccc23)cc1. The molecule has 46 heavy (non-hydrogen) atoms. The second-order valence-electron chi connectivity index (χ2n) is 11.7. The monoisotopic (exact) mass is 584 g/mol. The summed E-state index contributed by atoms with van der Waals surface area (Å²) < 4.78 is 0. The Balaban J connectivity index is 1.57. The molecule has 0 atom stereocenters. The van der Waals surface area contributed by atoms with E-state index in [1.165, 1.54) is 60.0 Å². The van der Waals surface area contributed by atoms with E-state index in [9.17, 15) is 0 Å². The van der Waals surface area contributed by atoms with Crippen molar-refractivity contribution in [1.29, 1.82) is 0 Å². The molecule has 0 aliphatic heterocycles. The van der Waals surface area contributed by atoms with Gasteiger partial charge in [0.25, 0.3) is 0 Å². The summed E-state index contributed by atoms with van der Waals surface area (Å²) in [6.45, 7) is 0. The zero-order chi connectivity index (χ0) is 30.5. The molecule has 2 nitrogen and oxygen atoms in total. The highest BCUT2D eigenvalue weighted by atomic mass is 14.7. The van der Waals surface area contributed by atoms with E-state index in [0.29, 0.717) is 0 Å². The second-order valence-corrected chi connectivity index (χ2v) is 11.7. The van der Waals surface area contributed by atoms with Gasteiger partial charge < -0.3 is 0 Å². The molecule has 7 aromatic carbocycles. The third kappa shape index (κ3) is 4.12. The van der Waals surface area contributed by atoms with E-state index in [-0.39, 0.29) is 0 Å². The largest absolute Gasteiger partial charge is 0.256 e. The summed E-state index contributed by atoms with van der Waals surface area (Å²) in [6.07, 6.45) is 3.78. The molecular weight excluding hydrogens is 556 g/mol. The number of hydrogen-bond acceptors (Lipinski definition) is 2. The Morgan fingerprint density at radius 2 is 0.630 bits per heavy atom. The first-order chi connectivity index (χ1) is 22.9. The van der Waals surface area contributed by atoms with E-state index < -0.39 is 0 Å². The molecule has 2 heterocycles. The number of nitrogens with zero attached hydrogens (tertiary/aromatic N) is 2. The molecule has 0 amide bonds. The summed E-state index contributed by atoms with van der Waals surface area (Å²) in [5.41, 5.74) is 9.09. The third-order valence-electron chi connectivity index (χ3n) is 9.14. The van der Waals surface area contributed by atoms with Gasteiger partial charge in [-0.05, 0) is 102 Å². The van der Waals surface area contributed by atoms with Crippen LogP contribution in [0.15, 0.2) is 170 Å². The predicted molar refractivity (Wildman–Crippen MR) is 194 cm³/mol. The van der Waals surface area contributed by atoms with Gasteiger partial charge >= 0.3 is 0 Å². The summed E-state index contributed by atoms with van der Waals surface area (Å²) >= 11 is 0. The van der Waals surface area contributed by atoms with Gasteiger partial charge in [0.05, 0.1) is 11.4 Å². The van der Waals surface area contributed by atoms with E-state index in [1.54, 1.807) is 0 Å². The molecule has 0 aliphatic carbocycles. The number of pyridine rings is 2. The lowest BCUT2D eigenvalue weighted by Crippen LogP contribution is -1.96. The van der Waals surface area contributed by atoms with Crippen molar-refractivity contribution in [1.82, 2.24) is 9.97 Å². The average molecular weight is 585 g/mol. The lowest BCUT2D eigenvalue weighted by molar-refractivity contribution is 1.33. The topological polar surface area (TPSA) is 25.8 Å². The molecule has 0 unspecified atom stereocenters. The molecule has 9 aromatic rings. The Kier molecular flexibility index (Phi) is 6.17. The molecule has 9 rings (SSSR count). The van der Waals surface area contributed by atoms with Crippen LogP contribution in [0.3, 0.4) is 0 Å². The zero-order valence-electron chi connectivity index (χ0n) is 25.1. The van der Waals surface area contributed by atoms with Crippen LogP contribution in [0, 0.1) is 0 Å². The lowest BCUT2D eigenvalue weighted by Gasteiger charge is -2.22. The van der Waals surface area contributed by atoms with Crippen LogP contribution in [0.25, 0.3) is 87.9 Å². The molecule has 0 fully saturated rings. The first-order valence-corrected chi connectivity index (χ1v) is 15.7. The van der Waals surface area contributed by atoms with Crippen molar-refractivity contribution in [3.8, 4) is 44.8 Å². The zero-order valence-corrected chi connectivity index (χ0v) is 25.1. The van der Waals surface area contributed by atoms with Crippen molar-refractivity contribution in [3.05, 3.63) is 170 Å². The quantitative estimate of drug-likeness (QED) is 0.152. The van der Waals surface area contributed by atoms with Crippen LogP contribution in [0.5, 0.6) is 0 Å². The molecule has 0 saturated heterocycles. The van der Waals surface area contributed by atoms with Gasteiger partial charge in [0.2, 0.25) is 0 Å². The standard InChI is InChI=1S/C44H28N2/c1-3-15-29(16-4-1)41-32-20-8-7-19-31(32)35-27-37-38(28-36(35)42(41)30-17-5-2-6-18-30)44(40-24-12-14-26-46-40)34-22-10-9-21-33(34)43(37)39-23-11-13-25-45-39/h1-28H. The third-order valence-corrected chi connectivity index (χ3v) is 9.14. The Hall–Kier alpha value is -6.12. The number of hydrogen-bond donors (Lipinski definition) is 0. The van der Waals surface area contributed by atoms with Crippen LogP contribution in [-0.2, 0) is 0 Å². The Morgan fingerprint density at radius 3 is 1.11 bits per heavy atom. The Bertz CT molecular complexity index is 2530. The lowest BCUT2D eigenvalue weighted by atomic mass is 9.82. The maximum absolute atomic E-state index is 4.91. The van der Waals surface area contributed by atoms with Gasteiger partial charge in [-0.25, -0.2) is 0 Å². The smallest absolute Gasteiger partial charge is 0.0714 e. The molecule has 2 heteroatoms. The number of aromatic nitrogens is 2. The van der Waals surface area contributed by atoms with Crippen LogP contribution in [0.1, 0.15) is 0 Å². The normalized spacial score (nSPS) is 11.5. The fraction of sp³-hybridized carbons (Fsp3) is 0. The predicted octanol–water partition coefficient (Wildman–Crippen LogP) is 11.8. The van der Waals surface area contributed by atoms with Gasteiger partial charge in [-0.3, -0.25) is 9.97 Å². The molecule has 214 valence electrons. The first-order valence-electron chi connectivity index (χ1n) is 15.7. The van der Waals surface area contributed by atoms with Crippen LogP contribution in [0.2, 0.25) is 0 Å². The molecule has 0 bridgehead atoms. The van der Waals surface area contributed by atoms with Crippen molar-refractivity contribution < 1.29 is 0 Å². The molecule has 0 saturated carbocycles. The van der Waals surface area contributed by atoms with Gasteiger partial charge in [0.1, 0.15) is 0 Å². The van der Waals surface area contributed by atoms with Crippen molar-refractivity contribution in [2.45, 2.75) is 0 Å². The molecule has 0 aliphatic rings. The molecular formula is C44H28N2. The average Bonchev–Trinajstić information content (AvgIpc) is 3.14. The van der Waals surface area contributed by atoms with E-state index in [2.05, 4.69) is 146 Å². The minimum Gasteiger partial charge on any atom is -0.256 e. The summed E-state index contributed by atoms with van der Waals surface area (Å²) in [6, 6.07) is 56.4. The summed E-state index contributed by atoms with van der Waals surface area (Å²) in [5, 5.41) is 9.58. The molecule has 0 radical (unpaired) electrons. The van der Waals surface area contributed by atoms with E-state index in [0.717, 1.165) is 27.9 Å². The van der Waals surface area contributed by atoms with Crippen LogP contribution < -0.4 is 0 Å². The molecule has 0 spiro atoms. The summed E-state index contributed by atoms with van der Waals surface area (Å²) in [7, 11) is 0. The number of rotatable bonds is 4. The Morgan fingerprint density at radius 1 is 0.261 bits per heavy atom. The van der Waals surface area contributed by atoms with Crippen molar-refractivity contribution in [2.75, 3.05) is 0 Å². The fourth-order valence-electron chi connectivity index (χ4n) is 7.24. The van der Waals surface area contributed by atoms with Gasteiger partial charge in [-0.2, -0.15) is 0 Å². The van der Waals surface area contributed by atoms with E-state index in [1.807, 2.05) is 24.5 Å². The van der Waals surface area contributed by atoms with Gasteiger partial charge in [0, 0.05) is 23.5 Å². The van der Waals surface area contributed by atoms with Crippen LogP contribution in [0.4, 0.5) is 0 Å². The fourth-order valence-corrected chi connectivity index (χ4v) is 7.24. The minimum absolute atomic E-state index is 0.959. The Labute approximate surface area is 267 Å². The van der Waals surface area contributed by atoms with Crippen molar-refractivity contribution >= 4 is 43.1 Å². The molecule has 0 N–H and O–H groups in total. The maximum Gasteiger partial charge on any atom is 0.0714 e. The minimum atomic E-state index is 0.959. The summed E-state index contributed by atoms with van der Waals surface area (Å²) in [5.74, 6) is 0. The van der Waals surface area contributed by atoms with E-state index >= 15 is 0 Å². The number of fused-ring (bicyclic) bond motifs is 5. The second kappa shape index (κ2) is 10.8. The molecule has 2 aromatic heterocycles. The highest BCUT2D eigenvalue weighted by molar-refractivity contribution is 6.29. The summed E-state index contributed by atoms with van der Waals surface area (Å²) in [4.78, 5) is 9.81. The van der Waals surface area contributed by atoms with Crippen molar-refractivity contribution in [2.24, 2.45) is 0 Å². The van der Waals surface area contributed by atoms with Crippen LogP contribution >= 0.6 is 0 Å². The van der Waals surface area contributed by atoms with Crippen molar-refractivity contribution in [3.63, 3.8) is 0 Å². The first kappa shape index (κ1) is 26.3. The highest BCUT2D eigenvalue weighted by Crippen LogP contribution is 2.49. The maximum atomic E-state index is 4.91. The van der Waals surface area contributed by atoms with Gasteiger partial charge in [-0.15, -0.1) is 0 Å².